The van der Waals surface area contributed by atoms with E-state index in [9.17, 15) is 4.79 Å². The van der Waals surface area contributed by atoms with Gasteiger partial charge < -0.3 is 14.4 Å². The molecule has 1 aliphatic rings. The topological polar surface area (TPSA) is 64.6 Å². The number of nitrogens with zero attached hydrogens (tertiary/aromatic N) is 3. The second kappa shape index (κ2) is 6.64. The molecule has 2 heterocycles. The van der Waals surface area contributed by atoms with E-state index in [1.165, 1.54) is 13.3 Å². The summed E-state index contributed by atoms with van der Waals surface area (Å²) >= 11 is 0. The zero-order valence-corrected chi connectivity index (χ0v) is 13.2. The minimum atomic E-state index is -0.0793. The summed E-state index contributed by atoms with van der Waals surface area (Å²) in [6, 6.07) is 7.63. The summed E-state index contributed by atoms with van der Waals surface area (Å²) in [5.41, 5.74) is 1.73. The lowest BCUT2D eigenvalue weighted by Crippen LogP contribution is -2.31. The van der Waals surface area contributed by atoms with Crippen LogP contribution in [0.4, 0.5) is 0 Å². The minimum absolute atomic E-state index is 0.0472. The molecular weight excluding hydrogens is 294 g/mol. The number of ether oxygens (including phenoxy) is 2. The molecule has 6 nitrogen and oxygen atoms in total. The van der Waals surface area contributed by atoms with Gasteiger partial charge in [0.05, 0.1) is 26.0 Å². The summed E-state index contributed by atoms with van der Waals surface area (Å²) in [5, 5.41) is 0. The van der Waals surface area contributed by atoms with Crippen molar-refractivity contribution in [3.05, 3.63) is 47.8 Å². The van der Waals surface area contributed by atoms with Gasteiger partial charge in [0.2, 0.25) is 11.8 Å². The van der Waals surface area contributed by atoms with Crippen LogP contribution in [-0.2, 0) is 0 Å². The van der Waals surface area contributed by atoms with Crippen LogP contribution in [0.1, 0.15) is 22.3 Å². The fraction of sp³-hybridized carbons (Fsp3) is 0.353. The Morgan fingerprint density at radius 3 is 2.83 bits per heavy atom. The number of aryl methyl sites for hydroxylation is 1. The zero-order valence-electron chi connectivity index (χ0n) is 13.2. The van der Waals surface area contributed by atoms with Crippen LogP contribution < -0.4 is 9.47 Å². The van der Waals surface area contributed by atoms with Crippen molar-refractivity contribution in [2.75, 3.05) is 20.2 Å². The lowest BCUT2D eigenvalue weighted by molar-refractivity contribution is 0.0770. The molecule has 2 aromatic rings. The van der Waals surface area contributed by atoms with Gasteiger partial charge in [-0.3, -0.25) is 9.78 Å². The number of hydrogen-bond acceptors (Lipinski definition) is 5. The maximum Gasteiger partial charge on any atom is 0.254 e. The molecule has 0 bridgehead atoms. The maximum absolute atomic E-state index is 12.6. The van der Waals surface area contributed by atoms with Crippen LogP contribution in [0.15, 0.2) is 36.7 Å². The normalized spacial score (nSPS) is 17.1. The molecule has 0 saturated carbocycles. The van der Waals surface area contributed by atoms with Gasteiger partial charge in [0.15, 0.2) is 0 Å². The predicted octanol–water partition coefficient (Wildman–Crippen LogP) is 2.09. The number of methoxy groups -OCH3 is 1. The van der Waals surface area contributed by atoms with Gasteiger partial charge in [-0.25, -0.2) is 0 Å². The van der Waals surface area contributed by atoms with Crippen molar-refractivity contribution in [1.82, 2.24) is 14.9 Å². The van der Waals surface area contributed by atoms with Gasteiger partial charge in [-0.05, 0) is 18.6 Å². The fourth-order valence-electron chi connectivity index (χ4n) is 2.65. The molecule has 0 N–H and O–H groups in total. The summed E-state index contributed by atoms with van der Waals surface area (Å²) in [6.07, 6.45) is 3.77. The summed E-state index contributed by atoms with van der Waals surface area (Å²) in [7, 11) is 1.53. The molecule has 0 radical (unpaired) electrons. The first-order chi connectivity index (χ1) is 11.2. The van der Waals surface area contributed by atoms with E-state index in [4.69, 9.17) is 9.47 Å². The van der Waals surface area contributed by atoms with Crippen molar-refractivity contribution in [1.29, 1.82) is 0 Å². The highest BCUT2D eigenvalue weighted by molar-refractivity contribution is 5.95. The van der Waals surface area contributed by atoms with Crippen LogP contribution in [-0.4, -0.2) is 47.1 Å². The average Bonchev–Trinajstić information content (AvgIpc) is 3.03. The van der Waals surface area contributed by atoms with Crippen molar-refractivity contribution >= 4 is 5.91 Å². The van der Waals surface area contributed by atoms with Crippen molar-refractivity contribution in [3.63, 3.8) is 0 Å². The van der Waals surface area contributed by atoms with E-state index in [-0.39, 0.29) is 12.0 Å². The second-order valence-corrected chi connectivity index (χ2v) is 5.49. The van der Waals surface area contributed by atoms with E-state index >= 15 is 0 Å². The van der Waals surface area contributed by atoms with Crippen molar-refractivity contribution in [2.45, 2.75) is 19.4 Å². The fourth-order valence-corrected chi connectivity index (χ4v) is 2.65. The van der Waals surface area contributed by atoms with Crippen LogP contribution in [0.3, 0.4) is 0 Å². The van der Waals surface area contributed by atoms with Crippen LogP contribution >= 0.6 is 0 Å². The monoisotopic (exact) mass is 313 g/mol. The Morgan fingerprint density at radius 1 is 1.26 bits per heavy atom. The van der Waals surface area contributed by atoms with Crippen LogP contribution in [0, 0.1) is 6.92 Å². The van der Waals surface area contributed by atoms with Crippen LogP contribution in [0.25, 0.3) is 0 Å². The molecule has 1 saturated heterocycles. The van der Waals surface area contributed by atoms with E-state index in [1.54, 1.807) is 6.20 Å². The smallest absolute Gasteiger partial charge is 0.254 e. The summed E-state index contributed by atoms with van der Waals surface area (Å²) in [6.45, 7) is 3.17. The zero-order chi connectivity index (χ0) is 16.2. The lowest BCUT2D eigenvalue weighted by Gasteiger charge is -2.18. The minimum Gasteiger partial charge on any atom is -0.480 e. The van der Waals surface area contributed by atoms with Gasteiger partial charge in [0.1, 0.15) is 6.10 Å². The molecule has 23 heavy (non-hydrogen) atoms. The van der Waals surface area contributed by atoms with Crippen molar-refractivity contribution in [2.24, 2.45) is 0 Å². The first-order valence-electron chi connectivity index (χ1n) is 7.55. The Hall–Kier alpha value is -2.63. The number of carbonyl (C=O) groups is 1. The Labute approximate surface area is 135 Å². The number of likely N-dealkylation sites (tertiary alicyclic amines) is 1. The van der Waals surface area contributed by atoms with Gasteiger partial charge in [-0.15, -0.1) is 0 Å². The number of rotatable bonds is 4. The molecule has 1 aromatic heterocycles. The highest BCUT2D eigenvalue weighted by Crippen LogP contribution is 2.20. The predicted molar refractivity (Wildman–Crippen MR) is 84.7 cm³/mol. The molecular formula is C17H19N3O3. The van der Waals surface area contributed by atoms with E-state index in [1.807, 2.05) is 36.1 Å². The van der Waals surface area contributed by atoms with Crippen molar-refractivity contribution in [3.8, 4) is 11.8 Å². The first-order valence-corrected chi connectivity index (χ1v) is 7.55. The van der Waals surface area contributed by atoms with Gasteiger partial charge in [-0.1, -0.05) is 18.2 Å². The number of carbonyl (C=O) groups excluding carboxylic acids is 1. The van der Waals surface area contributed by atoms with E-state index < -0.39 is 0 Å². The third kappa shape index (κ3) is 3.41. The van der Waals surface area contributed by atoms with Crippen molar-refractivity contribution < 1.29 is 14.3 Å². The largest absolute Gasteiger partial charge is 0.480 e. The Balaban J connectivity index is 1.64. The molecule has 6 heteroatoms. The van der Waals surface area contributed by atoms with Crippen LogP contribution in [0.5, 0.6) is 11.8 Å². The highest BCUT2D eigenvalue weighted by atomic mass is 16.5. The standard InChI is InChI=1S/C17H19N3O3/c1-12-5-3-4-6-14(12)17(21)20-8-7-13(11-20)23-16-10-18-9-15(19-16)22-2/h3-6,9-10,13H,7-8,11H2,1-2H3. The molecule has 1 atom stereocenters. The molecule has 1 amide bonds. The third-order valence-electron chi connectivity index (χ3n) is 3.89. The summed E-state index contributed by atoms with van der Waals surface area (Å²) < 4.78 is 10.8. The van der Waals surface area contributed by atoms with E-state index in [0.29, 0.717) is 24.8 Å². The van der Waals surface area contributed by atoms with E-state index in [0.717, 1.165) is 17.5 Å². The number of aromatic nitrogens is 2. The van der Waals surface area contributed by atoms with E-state index in [2.05, 4.69) is 9.97 Å². The highest BCUT2D eigenvalue weighted by Gasteiger charge is 2.29. The third-order valence-corrected chi connectivity index (χ3v) is 3.89. The summed E-state index contributed by atoms with van der Waals surface area (Å²) in [4.78, 5) is 22.6. The molecule has 1 fully saturated rings. The Kier molecular flexibility index (Phi) is 4.41. The Bertz CT molecular complexity index is 705. The molecule has 0 spiro atoms. The Morgan fingerprint density at radius 2 is 2.04 bits per heavy atom. The maximum atomic E-state index is 12.6. The number of hydrogen-bond donors (Lipinski definition) is 0. The van der Waals surface area contributed by atoms with Gasteiger partial charge >= 0.3 is 0 Å². The van der Waals surface area contributed by atoms with Gasteiger partial charge in [0.25, 0.3) is 5.91 Å². The summed E-state index contributed by atoms with van der Waals surface area (Å²) in [5.74, 6) is 0.874. The second-order valence-electron chi connectivity index (χ2n) is 5.49. The molecule has 1 aromatic carbocycles. The number of benzene rings is 1. The molecule has 1 unspecified atom stereocenters. The SMILES string of the molecule is COc1cncc(OC2CCN(C(=O)c3ccccc3C)C2)n1. The number of amides is 1. The molecule has 3 rings (SSSR count). The first kappa shape index (κ1) is 15.3. The molecule has 1 aliphatic heterocycles. The average molecular weight is 313 g/mol. The van der Waals surface area contributed by atoms with Gasteiger partial charge in [0, 0.05) is 18.5 Å². The molecule has 120 valence electrons. The molecule has 0 aliphatic carbocycles. The lowest BCUT2D eigenvalue weighted by atomic mass is 10.1. The van der Waals surface area contributed by atoms with Crippen LogP contribution in [0.2, 0.25) is 0 Å². The quantitative estimate of drug-likeness (QED) is 0.865. The van der Waals surface area contributed by atoms with Gasteiger partial charge in [-0.2, -0.15) is 4.98 Å².